The fourth-order valence-electron chi connectivity index (χ4n) is 1.85. The number of amides is 1. The predicted molar refractivity (Wildman–Crippen MR) is 69.4 cm³/mol. The van der Waals surface area contributed by atoms with E-state index in [2.05, 4.69) is 14.2 Å². The van der Waals surface area contributed by atoms with Crippen molar-refractivity contribution in [2.75, 3.05) is 6.61 Å². The van der Waals surface area contributed by atoms with Crippen molar-refractivity contribution in [3.63, 3.8) is 0 Å². The molecular formula is C8H17NO12P2. The summed E-state index contributed by atoms with van der Waals surface area (Å²) in [6.07, 6.45) is -6.84. The van der Waals surface area contributed by atoms with Crippen molar-refractivity contribution in [2.45, 2.75) is 37.6 Å². The van der Waals surface area contributed by atoms with Gasteiger partial charge in [0, 0.05) is 6.92 Å². The fourth-order valence-corrected chi connectivity index (χ4v) is 3.52. The first-order chi connectivity index (χ1) is 10.4. The number of phosphoric ester groups is 1. The lowest BCUT2D eigenvalue weighted by Gasteiger charge is -2.42. The average Bonchev–Trinajstić information content (AvgIpc) is 2.34. The molecule has 136 valence electrons. The van der Waals surface area contributed by atoms with Crippen LogP contribution in [0.5, 0.6) is 0 Å². The molecule has 1 heterocycles. The van der Waals surface area contributed by atoms with Crippen LogP contribution in [-0.4, -0.2) is 73.2 Å². The summed E-state index contributed by atoms with van der Waals surface area (Å²) in [7, 11) is -10.8. The van der Waals surface area contributed by atoms with Gasteiger partial charge in [0.05, 0.1) is 6.61 Å². The summed E-state index contributed by atoms with van der Waals surface area (Å²) in [4.78, 5) is 37.4. The van der Waals surface area contributed by atoms with Gasteiger partial charge in [0.15, 0.2) is 6.29 Å². The number of nitrogens with one attached hydrogen (secondary N) is 1. The van der Waals surface area contributed by atoms with Crippen LogP contribution in [0.2, 0.25) is 0 Å². The Labute approximate surface area is 129 Å². The Morgan fingerprint density at radius 3 is 2.22 bits per heavy atom. The molecule has 1 unspecified atom stereocenters. The Kier molecular flexibility index (Phi) is 6.84. The van der Waals surface area contributed by atoms with Crippen molar-refractivity contribution in [2.24, 2.45) is 0 Å². The number of ether oxygens (including phenoxy) is 1. The van der Waals surface area contributed by atoms with Gasteiger partial charge in [-0.2, -0.15) is 4.31 Å². The standard InChI is InChI=1S/C8H17NO12P2/c1-3(11)9-5-7(13)6(12)4(2-10)19-8(5)20-23(17,18)21-22(14,15)16/h4-8,10,12-13H,2H2,1H3,(H,9,11)(H,17,18)(H2,14,15,16)/t4-,5-,6-,7-,8-/m1/s1. The molecule has 1 amide bonds. The predicted octanol–water partition coefficient (Wildman–Crippen LogP) is -2.84. The third kappa shape index (κ3) is 6.18. The Hall–Kier alpha value is -0.430. The first-order valence-electron chi connectivity index (χ1n) is 6.04. The van der Waals surface area contributed by atoms with E-state index in [-0.39, 0.29) is 0 Å². The molecule has 0 bridgehead atoms. The number of aliphatic hydroxyl groups excluding tert-OH is 3. The molecule has 1 aliphatic rings. The van der Waals surface area contributed by atoms with Gasteiger partial charge in [-0.05, 0) is 0 Å². The minimum atomic E-state index is -5.39. The summed E-state index contributed by atoms with van der Waals surface area (Å²) >= 11 is 0. The molecule has 0 aromatic carbocycles. The van der Waals surface area contributed by atoms with Crippen molar-refractivity contribution in [1.29, 1.82) is 0 Å². The molecular weight excluding hydrogens is 364 g/mol. The van der Waals surface area contributed by atoms with E-state index in [0.29, 0.717) is 0 Å². The van der Waals surface area contributed by atoms with E-state index in [1.54, 1.807) is 0 Å². The zero-order chi connectivity index (χ0) is 18.0. The molecule has 0 aromatic heterocycles. The minimum absolute atomic E-state index is 0.732. The van der Waals surface area contributed by atoms with Crippen LogP contribution in [0.4, 0.5) is 0 Å². The van der Waals surface area contributed by atoms with E-state index in [4.69, 9.17) is 19.6 Å². The van der Waals surface area contributed by atoms with Crippen molar-refractivity contribution < 1.29 is 57.5 Å². The minimum Gasteiger partial charge on any atom is -0.394 e. The highest BCUT2D eigenvalue weighted by molar-refractivity contribution is 7.60. The highest BCUT2D eigenvalue weighted by Gasteiger charge is 2.48. The van der Waals surface area contributed by atoms with E-state index < -0.39 is 58.8 Å². The van der Waals surface area contributed by atoms with E-state index in [0.717, 1.165) is 6.92 Å². The van der Waals surface area contributed by atoms with Gasteiger partial charge in [-0.1, -0.05) is 0 Å². The van der Waals surface area contributed by atoms with Crippen LogP contribution in [0.15, 0.2) is 0 Å². The van der Waals surface area contributed by atoms with E-state index in [1.807, 2.05) is 0 Å². The second-order valence-corrected chi connectivity index (χ2v) is 7.36. The zero-order valence-electron chi connectivity index (χ0n) is 11.6. The number of hydrogen-bond donors (Lipinski definition) is 7. The summed E-state index contributed by atoms with van der Waals surface area (Å²) in [5.74, 6) is -0.732. The molecule has 0 aromatic rings. The smallest absolute Gasteiger partial charge is 0.394 e. The van der Waals surface area contributed by atoms with E-state index in [1.165, 1.54) is 0 Å². The second-order valence-electron chi connectivity index (χ2n) is 4.58. The van der Waals surface area contributed by atoms with E-state index in [9.17, 15) is 29.0 Å². The highest BCUT2D eigenvalue weighted by atomic mass is 31.3. The van der Waals surface area contributed by atoms with Crippen molar-refractivity contribution >= 4 is 21.6 Å². The lowest BCUT2D eigenvalue weighted by Crippen LogP contribution is -2.64. The monoisotopic (exact) mass is 381 g/mol. The molecule has 0 spiro atoms. The number of phosphoric acid groups is 2. The summed E-state index contributed by atoms with van der Waals surface area (Å²) in [5.41, 5.74) is 0. The number of carbonyl (C=O) groups is 1. The number of carbonyl (C=O) groups excluding carboxylic acids is 1. The van der Waals surface area contributed by atoms with Crippen LogP contribution >= 0.6 is 15.6 Å². The van der Waals surface area contributed by atoms with Crippen LogP contribution in [0, 0.1) is 0 Å². The maximum atomic E-state index is 11.5. The molecule has 0 radical (unpaired) electrons. The van der Waals surface area contributed by atoms with Crippen LogP contribution in [0.3, 0.4) is 0 Å². The molecule has 1 aliphatic heterocycles. The Morgan fingerprint density at radius 2 is 1.78 bits per heavy atom. The van der Waals surface area contributed by atoms with Gasteiger partial charge < -0.3 is 40.1 Å². The molecule has 7 N–H and O–H groups in total. The number of hydrogen-bond acceptors (Lipinski definition) is 9. The molecule has 15 heteroatoms. The normalized spacial score (nSPS) is 34.7. The van der Waals surface area contributed by atoms with Crippen LogP contribution in [-0.2, 0) is 27.5 Å². The summed E-state index contributed by atoms with van der Waals surface area (Å²) in [6.45, 7) is 0.207. The number of aliphatic hydroxyl groups is 3. The van der Waals surface area contributed by atoms with Gasteiger partial charge in [0.25, 0.3) is 0 Å². The van der Waals surface area contributed by atoms with Gasteiger partial charge >= 0.3 is 15.6 Å². The molecule has 1 rings (SSSR count). The Morgan fingerprint density at radius 1 is 1.22 bits per heavy atom. The van der Waals surface area contributed by atoms with Gasteiger partial charge in [0.2, 0.25) is 5.91 Å². The molecule has 0 aliphatic carbocycles. The first-order valence-corrected chi connectivity index (χ1v) is 9.06. The lowest BCUT2D eigenvalue weighted by molar-refractivity contribution is -0.247. The highest BCUT2D eigenvalue weighted by Crippen LogP contribution is 2.58. The van der Waals surface area contributed by atoms with Crippen molar-refractivity contribution in [3.8, 4) is 0 Å². The van der Waals surface area contributed by atoms with Gasteiger partial charge in [-0.3, -0.25) is 9.32 Å². The van der Waals surface area contributed by atoms with Crippen molar-refractivity contribution in [1.82, 2.24) is 5.32 Å². The van der Waals surface area contributed by atoms with Crippen LogP contribution in [0.1, 0.15) is 6.92 Å². The van der Waals surface area contributed by atoms with Gasteiger partial charge in [-0.25, -0.2) is 9.13 Å². The maximum Gasteiger partial charge on any atom is 0.483 e. The molecule has 6 atom stereocenters. The topological polar surface area (TPSA) is 212 Å². The Balaban J connectivity index is 2.99. The van der Waals surface area contributed by atoms with Gasteiger partial charge in [-0.15, -0.1) is 0 Å². The molecule has 0 saturated carbocycles. The third-order valence-corrected chi connectivity index (χ3v) is 4.85. The zero-order valence-corrected chi connectivity index (χ0v) is 13.4. The fraction of sp³-hybridized carbons (Fsp3) is 0.875. The summed E-state index contributed by atoms with van der Waals surface area (Å²) in [6, 6.07) is -1.58. The van der Waals surface area contributed by atoms with E-state index >= 15 is 0 Å². The molecule has 23 heavy (non-hydrogen) atoms. The maximum absolute atomic E-state index is 11.5. The first kappa shape index (κ1) is 20.6. The second kappa shape index (κ2) is 7.64. The SMILES string of the molecule is CC(=O)N[C@H]1[C@@H](OP(=O)(O)OP(=O)(O)O)O[C@H](CO)[C@@H](O)[C@@H]1O. The molecule has 1 fully saturated rings. The molecule has 1 saturated heterocycles. The van der Waals surface area contributed by atoms with Gasteiger partial charge in [0.1, 0.15) is 24.4 Å². The van der Waals surface area contributed by atoms with Crippen molar-refractivity contribution in [3.05, 3.63) is 0 Å². The largest absolute Gasteiger partial charge is 0.483 e. The van der Waals surface area contributed by atoms with Crippen LogP contribution < -0.4 is 5.32 Å². The quantitative estimate of drug-likeness (QED) is 0.232. The van der Waals surface area contributed by atoms with Crippen LogP contribution in [0.25, 0.3) is 0 Å². The average molecular weight is 381 g/mol. The summed E-state index contributed by atoms with van der Waals surface area (Å²) < 4.78 is 35.0. The Bertz CT molecular complexity index is 521. The number of rotatable bonds is 6. The summed E-state index contributed by atoms with van der Waals surface area (Å²) in [5, 5.41) is 30.7. The third-order valence-electron chi connectivity index (χ3n) is 2.70. The lowest BCUT2D eigenvalue weighted by atomic mass is 9.97. The molecule has 13 nitrogen and oxygen atoms in total.